The molecule has 0 spiro atoms. The molecule has 0 saturated heterocycles. The van der Waals surface area contributed by atoms with Crippen LogP contribution in [0.15, 0.2) is 29.7 Å². The average molecular weight is 364 g/mol. The van der Waals surface area contributed by atoms with Crippen LogP contribution in [0.25, 0.3) is 11.4 Å². The van der Waals surface area contributed by atoms with Crippen molar-refractivity contribution < 1.29 is 14.3 Å². The molecule has 0 aliphatic carbocycles. The van der Waals surface area contributed by atoms with E-state index >= 15 is 0 Å². The van der Waals surface area contributed by atoms with Crippen molar-refractivity contribution in [3.8, 4) is 11.4 Å². The minimum atomic E-state index is -0.508. The molecule has 0 fully saturated rings. The van der Waals surface area contributed by atoms with E-state index in [1.807, 2.05) is 16.7 Å². The van der Waals surface area contributed by atoms with Crippen molar-refractivity contribution in [2.45, 2.75) is 18.6 Å². The third kappa shape index (κ3) is 5.54. The van der Waals surface area contributed by atoms with Gasteiger partial charge in [0, 0.05) is 31.6 Å². The van der Waals surface area contributed by atoms with Crippen molar-refractivity contribution in [3.63, 3.8) is 0 Å². The zero-order valence-electron chi connectivity index (χ0n) is 14.1. The number of carbonyl (C=O) groups excluding carboxylic acids is 2. The summed E-state index contributed by atoms with van der Waals surface area (Å²) in [5.74, 6) is 0.326. The molecule has 0 saturated carbocycles. The lowest BCUT2D eigenvalue weighted by Crippen LogP contribution is -2.40. The van der Waals surface area contributed by atoms with Crippen molar-refractivity contribution in [1.29, 1.82) is 0 Å². The van der Waals surface area contributed by atoms with Gasteiger partial charge in [-0.25, -0.2) is 4.79 Å². The van der Waals surface area contributed by atoms with Gasteiger partial charge < -0.3 is 10.1 Å². The van der Waals surface area contributed by atoms with Gasteiger partial charge in [-0.3, -0.25) is 19.7 Å². The topological polar surface area (TPSA) is 111 Å². The summed E-state index contributed by atoms with van der Waals surface area (Å²) in [7, 11) is 1.61. The Hall–Kier alpha value is -2.46. The lowest BCUT2D eigenvalue weighted by Gasteiger charge is -2.09. The maximum Gasteiger partial charge on any atom is 0.321 e. The fourth-order valence-electron chi connectivity index (χ4n) is 1.99. The smallest absolute Gasteiger partial charge is 0.321 e. The van der Waals surface area contributed by atoms with Crippen molar-refractivity contribution in [2.24, 2.45) is 0 Å². The summed E-state index contributed by atoms with van der Waals surface area (Å²) in [5, 5.41) is 13.7. The number of hydrogen-bond acceptors (Lipinski definition) is 7. The quantitative estimate of drug-likeness (QED) is 0.670. The maximum atomic E-state index is 11.8. The molecule has 0 aliphatic rings. The Labute approximate surface area is 149 Å². The highest BCUT2D eigenvalue weighted by molar-refractivity contribution is 7.99. The zero-order valence-corrected chi connectivity index (χ0v) is 14.9. The first-order valence-corrected chi connectivity index (χ1v) is 8.67. The Kier molecular flexibility index (Phi) is 7.36. The summed E-state index contributed by atoms with van der Waals surface area (Å²) in [4.78, 5) is 27.2. The van der Waals surface area contributed by atoms with Gasteiger partial charge >= 0.3 is 6.03 Å². The van der Waals surface area contributed by atoms with Crippen LogP contribution in [0.1, 0.15) is 6.92 Å². The van der Waals surface area contributed by atoms with Crippen molar-refractivity contribution in [3.05, 3.63) is 24.5 Å². The van der Waals surface area contributed by atoms with E-state index < -0.39 is 11.9 Å². The van der Waals surface area contributed by atoms with Crippen LogP contribution in [-0.4, -0.2) is 57.7 Å². The molecular formula is C15H20N6O3S. The Bertz CT molecular complexity index is 707. The monoisotopic (exact) mass is 364 g/mol. The van der Waals surface area contributed by atoms with Crippen LogP contribution in [0.4, 0.5) is 4.79 Å². The Morgan fingerprint density at radius 2 is 2.04 bits per heavy atom. The molecule has 0 aliphatic heterocycles. The van der Waals surface area contributed by atoms with Gasteiger partial charge in [0.2, 0.25) is 5.91 Å². The molecule has 3 amide bonds. The molecule has 0 unspecified atom stereocenters. The normalized spacial score (nSPS) is 10.5. The molecule has 0 bridgehead atoms. The third-order valence-electron chi connectivity index (χ3n) is 3.10. The molecule has 10 heteroatoms. The van der Waals surface area contributed by atoms with Crippen LogP contribution in [0.5, 0.6) is 0 Å². The summed E-state index contributed by atoms with van der Waals surface area (Å²) < 4.78 is 7.01. The van der Waals surface area contributed by atoms with Crippen molar-refractivity contribution >= 4 is 23.7 Å². The molecule has 2 heterocycles. The number of nitrogens with zero attached hydrogens (tertiary/aromatic N) is 4. The number of imide groups is 1. The van der Waals surface area contributed by atoms with E-state index in [-0.39, 0.29) is 5.75 Å². The van der Waals surface area contributed by atoms with E-state index in [0.717, 1.165) is 5.56 Å². The summed E-state index contributed by atoms with van der Waals surface area (Å²) in [5.41, 5.74) is 0.872. The van der Waals surface area contributed by atoms with Gasteiger partial charge in [-0.15, -0.1) is 10.2 Å². The molecule has 25 heavy (non-hydrogen) atoms. The largest absolute Gasteiger partial charge is 0.383 e. The van der Waals surface area contributed by atoms with Gasteiger partial charge in [-0.2, -0.15) is 0 Å². The number of nitrogens with one attached hydrogen (secondary N) is 2. The number of pyridine rings is 1. The molecule has 2 N–H and O–H groups in total. The number of methoxy groups -OCH3 is 1. The van der Waals surface area contributed by atoms with Crippen LogP contribution < -0.4 is 10.6 Å². The number of carbonyl (C=O) groups is 2. The minimum Gasteiger partial charge on any atom is -0.383 e. The number of ether oxygens (including phenoxy) is 1. The van der Waals surface area contributed by atoms with Crippen LogP contribution in [0.3, 0.4) is 0 Å². The highest BCUT2D eigenvalue weighted by atomic mass is 32.2. The SMILES string of the molecule is CCNC(=O)NC(=O)CSc1nnc(-c2ccncc2)n1CCOC. The average Bonchev–Trinajstić information content (AvgIpc) is 3.02. The second kappa shape index (κ2) is 9.74. The third-order valence-corrected chi connectivity index (χ3v) is 4.06. The van der Waals surface area contributed by atoms with Gasteiger partial charge in [0.1, 0.15) is 0 Å². The molecule has 0 aromatic carbocycles. The number of rotatable bonds is 8. The summed E-state index contributed by atoms with van der Waals surface area (Å²) in [6.07, 6.45) is 3.36. The molecule has 2 aromatic heterocycles. The molecule has 134 valence electrons. The van der Waals surface area contributed by atoms with Crippen LogP contribution in [0, 0.1) is 0 Å². The van der Waals surface area contributed by atoms with E-state index in [1.54, 1.807) is 26.4 Å². The zero-order chi connectivity index (χ0) is 18.1. The highest BCUT2D eigenvalue weighted by Gasteiger charge is 2.16. The first kappa shape index (κ1) is 18.9. The molecular weight excluding hydrogens is 344 g/mol. The fourth-order valence-corrected chi connectivity index (χ4v) is 2.76. The first-order valence-electron chi connectivity index (χ1n) is 7.68. The molecule has 0 atom stereocenters. The van der Waals surface area contributed by atoms with Gasteiger partial charge in [-0.1, -0.05) is 11.8 Å². The number of amides is 3. The second-order valence-electron chi connectivity index (χ2n) is 4.88. The number of hydrogen-bond donors (Lipinski definition) is 2. The van der Waals surface area contributed by atoms with Gasteiger partial charge in [0.15, 0.2) is 11.0 Å². The summed E-state index contributed by atoms with van der Waals surface area (Å²) >= 11 is 1.21. The lowest BCUT2D eigenvalue weighted by atomic mass is 10.2. The highest BCUT2D eigenvalue weighted by Crippen LogP contribution is 2.23. The first-order chi connectivity index (χ1) is 12.2. The molecule has 2 rings (SSSR count). The Balaban J connectivity index is 2.08. The number of aromatic nitrogens is 4. The van der Waals surface area contributed by atoms with Crippen molar-refractivity contribution in [2.75, 3.05) is 26.0 Å². The van der Waals surface area contributed by atoms with E-state index in [9.17, 15) is 9.59 Å². The van der Waals surface area contributed by atoms with Gasteiger partial charge in [0.05, 0.1) is 18.9 Å². The van der Waals surface area contributed by atoms with E-state index in [1.165, 1.54) is 11.8 Å². The van der Waals surface area contributed by atoms with Gasteiger partial charge in [-0.05, 0) is 19.1 Å². The second-order valence-corrected chi connectivity index (χ2v) is 5.83. The molecule has 9 nitrogen and oxygen atoms in total. The Morgan fingerprint density at radius 1 is 1.28 bits per heavy atom. The molecule has 0 radical (unpaired) electrons. The number of urea groups is 1. The van der Waals surface area contributed by atoms with Crippen LogP contribution in [-0.2, 0) is 16.1 Å². The lowest BCUT2D eigenvalue weighted by molar-refractivity contribution is -0.117. The predicted octanol–water partition coefficient (Wildman–Crippen LogP) is 0.924. The van der Waals surface area contributed by atoms with Crippen molar-refractivity contribution in [1.82, 2.24) is 30.4 Å². The van der Waals surface area contributed by atoms with E-state index in [4.69, 9.17) is 4.74 Å². The summed E-state index contributed by atoms with van der Waals surface area (Å²) in [6.45, 7) is 3.25. The van der Waals surface area contributed by atoms with Crippen LogP contribution >= 0.6 is 11.8 Å². The Morgan fingerprint density at radius 3 is 2.72 bits per heavy atom. The van der Waals surface area contributed by atoms with E-state index in [0.29, 0.717) is 30.7 Å². The molecule has 2 aromatic rings. The van der Waals surface area contributed by atoms with Crippen LogP contribution in [0.2, 0.25) is 0 Å². The standard InChI is InChI=1S/C15H20N6O3S/c1-3-17-14(23)18-12(22)10-25-15-20-19-13(21(15)8-9-24-2)11-4-6-16-7-5-11/h4-7H,3,8-10H2,1-2H3,(H2,17,18,22,23). The predicted molar refractivity (Wildman–Crippen MR) is 93.1 cm³/mol. The van der Waals surface area contributed by atoms with Gasteiger partial charge in [0.25, 0.3) is 0 Å². The van der Waals surface area contributed by atoms with E-state index in [2.05, 4.69) is 25.8 Å². The fraction of sp³-hybridized carbons (Fsp3) is 0.400. The summed E-state index contributed by atoms with van der Waals surface area (Å²) in [6, 6.07) is 3.17. The number of thioether (sulfide) groups is 1. The maximum absolute atomic E-state index is 11.8. The minimum absolute atomic E-state index is 0.0542.